The summed E-state index contributed by atoms with van der Waals surface area (Å²) in [5, 5.41) is 3.33. The third kappa shape index (κ3) is 3.04. The Morgan fingerprint density at radius 2 is 2.17 bits per heavy atom. The number of carbonyl (C=O) groups is 1. The lowest BCUT2D eigenvalue weighted by atomic mass is 9.94. The molecule has 4 nitrogen and oxygen atoms in total. The lowest BCUT2D eigenvalue weighted by Crippen LogP contribution is -2.51. The van der Waals surface area contributed by atoms with Crippen LogP contribution in [0.25, 0.3) is 0 Å². The van der Waals surface area contributed by atoms with Crippen molar-refractivity contribution in [3.63, 3.8) is 0 Å². The molecule has 1 amide bonds. The summed E-state index contributed by atoms with van der Waals surface area (Å²) in [7, 11) is 4.17. The molecule has 2 heterocycles. The van der Waals surface area contributed by atoms with Crippen LogP contribution in [0.2, 0.25) is 0 Å². The summed E-state index contributed by atoms with van der Waals surface area (Å²) >= 11 is 0. The van der Waals surface area contributed by atoms with Crippen LogP contribution in [0.15, 0.2) is 0 Å². The van der Waals surface area contributed by atoms with E-state index in [9.17, 15) is 4.79 Å². The minimum Gasteiger partial charge on any atom is -0.342 e. The molecule has 2 saturated heterocycles. The van der Waals surface area contributed by atoms with Crippen molar-refractivity contribution in [2.45, 2.75) is 44.7 Å². The highest BCUT2D eigenvalue weighted by Gasteiger charge is 2.31. The zero-order valence-electron chi connectivity index (χ0n) is 12.0. The van der Waals surface area contributed by atoms with Crippen LogP contribution in [0.1, 0.15) is 32.6 Å². The molecule has 18 heavy (non-hydrogen) atoms. The fraction of sp³-hybridized carbons (Fsp3) is 0.929. The van der Waals surface area contributed by atoms with Crippen LogP contribution in [-0.4, -0.2) is 61.5 Å². The Hall–Kier alpha value is -0.610. The Morgan fingerprint density at radius 3 is 2.78 bits per heavy atom. The van der Waals surface area contributed by atoms with Crippen LogP contribution in [0.5, 0.6) is 0 Å². The quantitative estimate of drug-likeness (QED) is 0.795. The number of nitrogens with zero attached hydrogens (tertiary/aromatic N) is 2. The number of likely N-dealkylation sites (tertiary alicyclic amines) is 1. The molecule has 0 aromatic carbocycles. The first-order valence-electron chi connectivity index (χ1n) is 7.27. The summed E-state index contributed by atoms with van der Waals surface area (Å²) in [5.74, 6) is 0.558. The van der Waals surface area contributed by atoms with Crippen LogP contribution < -0.4 is 5.32 Å². The topological polar surface area (TPSA) is 35.6 Å². The monoisotopic (exact) mass is 253 g/mol. The molecular weight excluding hydrogens is 226 g/mol. The molecule has 3 atom stereocenters. The van der Waals surface area contributed by atoms with Crippen molar-refractivity contribution in [3.8, 4) is 0 Å². The number of rotatable bonds is 2. The highest BCUT2D eigenvalue weighted by atomic mass is 16.2. The Bertz CT molecular complexity index is 289. The van der Waals surface area contributed by atoms with Gasteiger partial charge in [0.05, 0.1) is 5.92 Å². The minimum atomic E-state index is 0.207. The predicted molar refractivity (Wildman–Crippen MR) is 73.5 cm³/mol. The van der Waals surface area contributed by atoms with Gasteiger partial charge in [-0.2, -0.15) is 0 Å². The van der Waals surface area contributed by atoms with Crippen molar-refractivity contribution < 1.29 is 4.79 Å². The molecule has 0 aromatic rings. The maximum atomic E-state index is 12.5. The first-order chi connectivity index (χ1) is 8.59. The van der Waals surface area contributed by atoms with Crippen LogP contribution in [-0.2, 0) is 4.79 Å². The summed E-state index contributed by atoms with van der Waals surface area (Å²) < 4.78 is 0. The highest BCUT2D eigenvalue weighted by molar-refractivity contribution is 5.79. The normalized spacial score (nSPS) is 34.3. The average molecular weight is 253 g/mol. The molecule has 2 aliphatic heterocycles. The average Bonchev–Trinajstić information content (AvgIpc) is 2.41. The first kappa shape index (κ1) is 13.8. The standard InChI is InChI=1S/C14H27N3O/c1-11-9-13(6-8-16(11)2)17(3)14(18)12-5-4-7-15-10-12/h11-13,15H,4-10H2,1-3H3. The van der Waals surface area contributed by atoms with Gasteiger partial charge in [0.15, 0.2) is 0 Å². The molecule has 104 valence electrons. The van der Waals surface area contributed by atoms with Gasteiger partial charge in [-0.1, -0.05) is 0 Å². The molecule has 2 fully saturated rings. The predicted octanol–water partition coefficient (Wildman–Crippen LogP) is 0.927. The first-order valence-corrected chi connectivity index (χ1v) is 7.27. The van der Waals surface area contributed by atoms with Gasteiger partial charge < -0.3 is 15.1 Å². The highest BCUT2D eigenvalue weighted by Crippen LogP contribution is 2.22. The van der Waals surface area contributed by atoms with E-state index in [1.165, 1.54) is 0 Å². The van der Waals surface area contributed by atoms with Crippen LogP contribution in [0.4, 0.5) is 0 Å². The number of carbonyl (C=O) groups excluding carboxylic acids is 1. The zero-order chi connectivity index (χ0) is 13.1. The number of piperidine rings is 2. The molecule has 0 radical (unpaired) electrons. The van der Waals surface area contributed by atoms with Crippen LogP contribution in [0.3, 0.4) is 0 Å². The zero-order valence-corrected chi connectivity index (χ0v) is 12.0. The van der Waals surface area contributed by atoms with Crippen molar-refractivity contribution in [1.82, 2.24) is 15.1 Å². The van der Waals surface area contributed by atoms with Gasteiger partial charge in [-0.15, -0.1) is 0 Å². The van der Waals surface area contributed by atoms with Gasteiger partial charge in [0.1, 0.15) is 0 Å². The van der Waals surface area contributed by atoms with Gasteiger partial charge in [-0.05, 0) is 46.2 Å². The van der Waals surface area contributed by atoms with E-state index in [-0.39, 0.29) is 5.92 Å². The van der Waals surface area contributed by atoms with E-state index in [2.05, 4.69) is 24.2 Å². The molecule has 2 rings (SSSR count). The van der Waals surface area contributed by atoms with Crippen molar-refractivity contribution in [2.75, 3.05) is 33.7 Å². The van der Waals surface area contributed by atoms with Crippen molar-refractivity contribution in [3.05, 3.63) is 0 Å². The number of nitrogens with one attached hydrogen (secondary N) is 1. The summed E-state index contributed by atoms with van der Waals surface area (Å²) in [5.41, 5.74) is 0. The molecule has 3 unspecified atom stereocenters. The van der Waals surface area contributed by atoms with E-state index in [1.807, 2.05) is 11.9 Å². The second kappa shape index (κ2) is 6.02. The molecule has 1 N–H and O–H groups in total. The molecular formula is C14H27N3O. The van der Waals surface area contributed by atoms with Crippen molar-refractivity contribution >= 4 is 5.91 Å². The largest absolute Gasteiger partial charge is 0.342 e. The van der Waals surface area contributed by atoms with E-state index in [1.54, 1.807) is 0 Å². The Kier molecular flexibility index (Phi) is 4.62. The lowest BCUT2D eigenvalue weighted by Gasteiger charge is -2.40. The maximum absolute atomic E-state index is 12.5. The van der Waals surface area contributed by atoms with E-state index >= 15 is 0 Å². The molecule has 0 spiro atoms. The summed E-state index contributed by atoms with van der Waals surface area (Å²) in [6, 6.07) is 1.02. The molecule has 4 heteroatoms. The Morgan fingerprint density at radius 1 is 1.39 bits per heavy atom. The fourth-order valence-electron chi connectivity index (χ4n) is 3.15. The molecule has 2 aliphatic rings. The smallest absolute Gasteiger partial charge is 0.226 e. The number of hydrogen-bond acceptors (Lipinski definition) is 3. The van der Waals surface area contributed by atoms with Gasteiger partial charge >= 0.3 is 0 Å². The van der Waals surface area contributed by atoms with Gasteiger partial charge in [-0.25, -0.2) is 0 Å². The second-order valence-electron chi connectivity index (χ2n) is 6.00. The Balaban J connectivity index is 1.89. The summed E-state index contributed by atoms with van der Waals surface area (Å²) in [6.07, 6.45) is 4.41. The fourth-order valence-corrected chi connectivity index (χ4v) is 3.15. The van der Waals surface area contributed by atoms with Gasteiger partial charge in [0.25, 0.3) is 0 Å². The SMILES string of the molecule is CC1CC(N(C)C(=O)C2CCCNC2)CCN1C. The van der Waals surface area contributed by atoms with Gasteiger partial charge in [-0.3, -0.25) is 4.79 Å². The van der Waals surface area contributed by atoms with Crippen molar-refractivity contribution in [1.29, 1.82) is 0 Å². The third-order valence-electron chi connectivity index (χ3n) is 4.72. The molecule has 0 saturated carbocycles. The summed E-state index contributed by atoms with van der Waals surface area (Å²) in [4.78, 5) is 16.9. The van der Waals surface area contributed by atoms with Gasteiger partial charge in [0.2, 0.25) is 5.91 Å². The van der Waals surface area contributed by atoms with Gasteiger partial charge in [0, 0.05) is 32.2 Å². The molecule has 0 aliphatic carbocycles. The maximum Gasteiger partial charge on any atom is 0.226 e. The number of hydrogen-bond donors (Lipinski definition) is 1. The van der Waals surface area contributed by atoms with Crippen molar-refractivity contribution in [2.24, 2.45) is 5.92 Å². The van der Waals surface area contributed by atoms with E-state index in [4.69, 9.17) is 0 Å². The van der Waals surface area contributed by atoms with E-state index < -0.39 is 0 Å². The minimum absolute atomic E-state index is 0.207. The molecule has 0 bridgehead atoms. The summed E-state index contributed by atoms with van der Waals surface area (Å²) in [6.45, 7) is 5.29. The number of amides is 1. The lowest BCUT2D eigenvalue weighted by molar-refractivity contribution is -0.138. The molecule has 0 aromatic heterocycles. The van der Waals surface area contributed by atoms with E-state index in [0.717, 1.165) is 45.3 Å². The van der Waals surface area contributed by atoms with E-state index in [0.29, 0.717) is 18.0 Å². The second-order valence-corrected chi connectivity index (χ2v) is 6.00. The Labute approximate surface area is 111 Å². The third-order valence-corrected chi connectivity index (χ3v) is 4.72. The van der Waals surface area contributed by atoms with Crippen LogP contribution >= 0.6 is 0 Å². The van der Waals surface area contributed by atoms with Crippen LogP contribution in [0, 0.1) is 5.92 Å².